The zero-order chi connectivity index (χ0) is 18.1. The van der Waals surface area contributed by atoms with Crippen LogP contribution >= 0.6 is 0 Å². The molecule has 0 bridgehead atoms. The van der Waals surface area contributed by atoms with Gasteiger partial charge in [0.25, 0.3) is 0 Å². The number of hydrogen-bond acceptors (Lipinski definition) is 3. The van der Waals surface area contributed by atoms with Crippen LogP contribution in [0.2, 0.25) is 0 Å². The fourth-order valence-electron chi connectivity index (χ4n) is 2.17. The summed E-state index contributed by atoms with van der Waals surface area (Å²) in [5.41, 5.74) is 1.09. The second-order valence-electron chi connectivity index (χ2n) is 5.23. The average Bonchev–Trinajstić information content (AvgIpc) is 2.62. The quantitative estimate of drug-likeness (QED) is 0.677. The summed E-state index contributed by atoms with van der Waals surface area (Å²) in [5, 5.41) is 15.2. The van der Waals surface area contributed by atoms with Crippen LogP contribution in [-0.4, -0.2) is 24.3 Å². The molecule has 25 heavy (non-hydrogen) atoms. The molecule has 2 amide bonds. The maximum absolute atomic E-state index is 13.3. The van der Waals surface area contributed by atoms with E-state index >= 15 is 0 Å². The van der Waals surface area contributed by atoms with Crippen molar-refractivity contribution in [2.24, 2.45) is 0 Å². The first kappa shape index (κ1) is 18.3. The van der Waals surface area contributed by atoms with Crippen LogP contribution in [0.3, 0.4) is 0 Å². The van der Waals surface area contributed by atoms with Gasteiger partial charge in [-0.3, -0.25) is 0 Å². The number of aliphatic hydroxyl groups is 1. The highest BCUT2D eigenvalue weighted by Crippen LogP contribution is 2.25. The number of rotatable bonds is 7. The predicted molar refractivity (Wildman–Crippen MR) is 93.8 cm³/mol. The van der Waals surface area contributed by atoms with Gasteiger partial charge in [0.2, 0.25) is 0 Å². The van der Waals surface area contributed by atoms with Crippen molar-refractivity contribution in [1.29, 1.82) is 0 Å². The first-order valence-corrected chi connectivity index (χ1v) is 7.74. The Hall–Kier alpha value is -3.04. The minimum absolute atomic E-state index is 0.0387. The SMILES string of the molecule is C#CCOc1cc(F)ccc1NC(=O)NCCC(O)c1ccccc1. The van der Waals surface area contributed by atoms with Gasteiger partial charge >= 0.3 is 6.03 Å². The number of nitrogens with one attached hydrogen (secondary N) is 2. The predicted octanol–water partition coefficient (Wildman–Crippen LogP) is 3.08. The Bertz CT molecular complexity index is 744. The van der Waals surface area contributed by atoms with Crippen molar-refractivity contribution in [2.45, 2.75) is 12.5 Å². The largest absolute Gasteiger partial charge is 0.479 e. The highest BCUT2D eigenvalue weighted by molar-refractivity contribution is 5.90. The summed E-state index contributed by atoms with van der Waals surface area (Å²) < 4.78 is 18.5. The summed E-state index contributed by atoms with van der Waals surface area (Å²) >= 11 is 0. The smallest absolute Gasteiger partial charge is 0.319 e. The molecule has 0 aliphatic heterocycles. The van der Waals surface area contributed by atoms with Gasteiger partial charge in [0.15, 0.2) is 0 Å². The number of carbonyl (C=O) groups is 1. The molecular formula is C19H19FN2O3. The summed E-state index contributed by atoms with van der Waals surface area (Å²) in [6.45, 7) is 0.229. The van der Waals surface area contributed by atoms with Crippen LogP contribution in [-0.2, 0) is 0 Å². The standard InChI is InChI=1S/C19H19FN2O3/c1-2-12-25-18-13-15(20)8-9-16(18)22-19(24)21-11-10-17(23)14-6-4-3-5-7-14/h1,3-9,13,17,23H,10-12H2,(H2,21,22,24). The maximum atomic E-state index is 13.3. The Kier molecular flexibility index (Phi) is 6.81. The normalized spacial score (nSPS) is 11.2. The topological polar surface area (TPSA) is 70.6 Å². The molecule has 0 saturated heterocycles. The second kappa shape index (κ2) is 9.30. The third kappa shape index (κ3) is 5.83. The first-order chi connectivity index (χ1) is 12.1. The lowest BCUT2D eigenvalue weighted by Gasteiger charge is -2.14. The molecule has 1 unspecified atom stereocenters. The monoisotopic (exact) mass is 342 g/mol. The third-order valence-electron chi connectivity index (χ3n) is 3.39. The molecule has 0 heterocycles. The molecule has 2 rings (SSSR count). The second-order valence-corrected chi connectivity index (χ2v) is 5.23. The number of amides is 2. The summed E-state index contributed by atoms with van der Waals surface area (Å²) in [7, 11) is 0. The van der Waals surface area contributed by atoms with Crippen molar-refractivity contribution in [3.8, 4) is 18.1 Å². The Morgan fingerprint density at radius 3 is 2.76 bits per heavy atom. The van der Waals surface area contributed by atoms with Gasteiger partial charge < -0.3 is 20.5 Å². The Labute approximate surface area is 145 Å². The molecule has 5 nitrogen and oxygen atoms in total. The molecule has 2 aromatic carbocycles. The van der Waals surface area contributed by atoms with Gasteiger partial charge in [-0.15, -0.1) is 6.42 Å². The molecule has 1 atom stereocenters. The molecule has 0 aliphatic carbocycles. The van der Waals surface area contributed by atoms with Gasteiger partial charge in [-0.05, 0) is 24.1 Å². The molecule has 130 valence electrons. The van der Waals surface area contributed by atoms with Gasteiger partial charge in [0, 0.05) is 12.6 Å². The molecule has 0 fully saturated rings. The fraction of sp³-hybridized carbons (Fsp3) is 0.211. The van der Waals surface area contributed by atoms with Crippen LogP contribution in [0, 0.1) is 18.2 Å². The van der Waals surface area contributed by atoms with E-state index in [1.54, 1.807) is 0 Å². The van der Waals surface area contributed by atoms with Gasteiger partial charge in [0.05, 0.1) is 11.8 Å². The molecule has 0 radical (unpaired) electrons. The van der Waals surface area contributed by atoms with Crippen molar-refractivity contribution >= 4 is 11.7 Å². The third-order valence-corrected chi connectivity index (χ3v) is 3.39. The zero-order valence-electron chi connectivity index (χ0n) is 13.5. The van der Waals surface area contributed by atoms with Gasteiger partial charge in [0.1, 0.15) is 18.2 Å². The fourth-order valence-corrected chi connectivity index (χ4v) is 2.17. The summed E-state index contributed by atoms with van der Waals surface area (Å²) in [4.78, 5) is 11.9. The van der Waals surface area contributed by atoms with Crippen molar-refractivity contribution in [1.82, 2.24) is 5.32 Å². The van der Waals surface area contributed by atoms with Crippen molar-refractivity contribution in [2.75, 3.05) is 18.5 Å². The van der Waals surface area contributed by atoms with E-state index in [1.165, 1.54) is 12.1 Å². The summed E-state index contributed by atoms with van der Waals surface area (Å²) in [6.07, 6.45) is 4.81. The number of aliphatic hydroxyl groups excluding tert-OH is 1. The van der Waals surface area contributed by atoms with E-state index in [1.807, 2.05) is 30.3 Å². The number of hydrogen-bond donors (Lipinski definition) is 3. The van der Waals surface area contributed by atoms with Gasteiger partial charge in [-0.2, -0.15) is 0 Å². The number of anilines is 1. The summed E-state index contributed by atoms with van der Waals surface area (Å²) in [5.74, 6) is 1.93. The van der Waals surface area contributed by atoms with Crippen LogP contribution < -0.4 is 15.4 Å². The average molecular weight is 342 g/mol. The van der Waals surface area contributed by atoms with E-state index in [2.05, 4.69) is 16.6 Å². The first-order valence-electron chi connectivity index (χ1n) is 7.74. The molecule has 2 aromatic rings. The van der Waals surface area contributed by atoms with E-state index in [0.717, 1.165) is 11.6 Å². The van der Waals surface area contributed by atoms with Crippen molar-refractivity contribution < 1.29 is 19.0 Å². The van der Waals surface area contributed by atoms with E-state index in [-0.39, 0.29) is 18.9 Å². The number of ether oxygens (including phenoxy) is 1. The zero-order valence-corrected chi connectivity index (χ0v) is 13.5. The molecule has 6 heteroatoms. The summed E-state index contributed by atoms with van der Waals surface area (Å²) in [6, 6.07) is 12.4. The highest BCUT2D eigenvalue weighted by atomic mass is 19.1. The van der Waals surface area contributed by atoms with Gasteiger partial charge in [-0.1, -0.05) is 36.3 Å². The Morgan fingerprint density at radius 1 is 1.28 bits per heavy atom. The van der Waals surface area contributed by atoms with Crippen LogP contribution in [0.4, 0.5) is 14.9 Å². The van der Waals surface area contributed by atoms with E-state index in [9.17, 15) is 14.3 Å². The molecule has 0 aromatic heterocycles. The molecule has 0 aliphatic rings. The minimum atomic E-state index is -0.665. The lowest BCUT2D eigenvalue weighted by molar-refractivity contribution is 0.167. The van der Waals surface area contributed by atoms with Crippen molar-refractivity contribution in [3.63, 3.8) is 0 Å². The molecule has 3 N–H and O–H groups in total. The van der Waals surface area contributed by atoms with E-state index < -0.39 is 18.0 Å². The van der Waals surface area contributed by atoms with E-state index in [0.29, 0.717) is 12.1 Å². The number of urea groups is 1. The minimum Gasteiger partial charge on any atom is -0.479 e. The Morgan fingerprint density at radius 2 is 2.04 bits per heavy atom. The van der Waals surface area contributed by atoms with Crippen LogP contribution in [0.1, 0.15) is 18.1 Å². The van der Waals surface area contributed by atoms with Crippen LogP contribution in [0.5, 0.6) is 5.75 Å². The lowest BCUT2D eigenvalue weighted by Crippen LogP contribution is -2.30. The van der Waals surface area contributed by atoms with Crippen LogP contribution in [0.15, 0.2) is 48.5 Å². The highest BCUT2D eigenvalue weighted by Gasteiger charge is 2.11. The molecular weight excluding hydrogens is 323 g/mol. The van der Waals surface area contributed by atoms with Crippen molar-refractivity contribution in [3.05, 3.63) is 59.9 Å². The molecule has 0 saturated carbocycles. The lowest BCUT2D eigenvalue weighted by atomic mass is 10.1. The van der Waals surface area contributed by atoms with E-state index in [4.69, 9.17) is 11.2 Å². The maximum Gasteiger partial charge on any atom is 0.319 e. The molecule has 0 spiro atoms. The number of carbonyl (C=O) groups excluding carboxylic acids is 1. The Balaban J connectivity index is 1.85. The van der Waals surface area contributed by atoms with Gasteiger partial charge in [-0.25, -0.2) is 9.18 Å². The number of halogens is 1. The number of terminal acetylenes is 1. The number of benzene rings is 2. The van der Waals surface area contributed by atoms with Crippen LogP contribution in [0.25, 0.3) is 0 Å².